The van der Waals surface area contributed by atoms with Gasteiger partial charge in [-0.1, -0.05) is 0 Å². The molecule has 0 aromatic rings. The van der Waals surface area contributed by atoms with E-state index in [1.54, 1.807) is 0 Å². The lowest BCUT2D eigenvalue weighted by Gasteiger charge is -2.37. The largest absolute Gasteiger partial charge is 0.379 e. The van der Waals surface area contributed by atoms with Crippen molar-refractivity contribution in [3.8, 4) is 0 Å². The summed E-state index contributed by atoms with van der Waals surface area (Å²) < 4.78 is 11.9. The first-order valence-electron chi connectivity index (χ1n) is 8.31. The van der Waals surface area contributed by atoms with E-state index in [2.05, 4.69) is 39.9 Å². The predicted molar refractivity (Wildman–Crippen MR) is 83.0 cm³/mol. The van der Waals surface area contributed by atoms with Crippen molar-refractivity contribution in [3.05, 3.63) is 0 Å². The molecule has 0 spiro atoms. The molecule has 1 saturated heterocycles. The van der Waals surface area contributed by atoms with Crippen LogP contribution in [-0.4, -0.2) is 37.5 Å². The van der Waals surface area contributed by atoms with Gasteiger partial charge in [-0.2, -0.15) is 0 Å². The van der Waals surface area contributed by atoms with Crippen LogP contribution in [0.4, 0.5) is 0 Å². The second-order valence-electron chi connectivity index (χ2n) is 8.01. The second kappa shape index (κ2) is 6.33. The Labute approximate surface area is 124 Å². The van der Waals surface area contributed by atoms with Crippen molar-refractivity contribution in [3.63, 3.8) is 0 Å². The van der Waals surface area contributed by atoms with Crippen molar-refractivity contribution in [2.75, 3.05) is 19.8 Å². The summed E-state index contributed by atoms with van der Waals surface area (Å²) in [5.74, 6) is 0.804. The number of rotatable bonds is 7. The van der Waals surface area contributed by atoms with E-state index in [1.807, 2.05) is 0 Å². The van der Waals surface area contributed by atoms with Gasteiger partial charge >= 0.3 is 0 Å². The summed E-state index contributed by atoms with van der Waals surface area (Å²) in [4.78, 5) is 0. The maximum Gasteiger partial charge on any atom is 0.0673 e. The molecule has 1 heterocycles. The molecule has 0 amide bonds. The van der Waals surface area contributed by atoms with Crippen LogP contribution in [0.3, 0.4) is 0 Å². The fourth-order valence-corrected chi connectivity index (χ4v) is 3.23. The zero-order valence-electron chi connectivity index (χ0n) is 14.0. The molecule has 0 bridgehead atoms. The summed E-state index contributed by atoms with van der Waals surface area (Å²) in [5, 5.41) is 3.72. The van der Waals surface area contributed by atoms with Crippen LogP contribution in [0.25, 0.3) is 0 Å². The molecule has 2 unspecified atom stereocenters. The van der Waals surface area contributed by atoms with Gasteiger partial charge in [0.15, 0.2) is 0 Å². The summed E-state index contributed by atoms with van der Waals surface area (Å²) >= 11 is 0. The van der Waals surface area contributed by atoms with Crippen molar-refractivity contribution in [2.24, 2.45) is 11.3 Å². The summed E-state index contributed by atoms with van der Waals surface area (Å²) in [5.41, 5.74) is 0.450. The summed E-state index contributed by atoms with van der Waals surface area (Å²) in [7, 11) is 0. The lowest BCUT2D eigenvalue weighted by molar-refractivity contribution is -0.00384. The van der Waals surface area contributed by atoms with Crippen LogP contribution in [0, 0.1) is 11.3 Å². The Bertz CT molecular complexity index is 307. The van der Waals surface area contributed by atoms with E-state index in [1.165, 1.54) is 19.3 Å². The quantitative estimate of drug-likeness (QED) is 0.777. The fourth-order valence-electron chi connectivity index (χ4n) is 3.23. The van der Waals surface area contributed by atoms with E-state index in [0.29, 0.717) is 12.2 Å². The van der Waals surface area contributed by atoms with E-state index in [-0.39, 0.29) is 11.0 Å². The Kier molecular flexibility index (Phi) is 5.14. The van der Waals surface area contributed by atoms with E-state index < -0.39 is 0 Å². The van der Waals surface area contributed by atoms with Crippen molar-refractivity contribution >= 4 is 0 Å². The average Bonchev–Trinajstić information content (AvgIpc) is 3.08. The van der Waals surface area contributed by atoms with Crippen LogP contribution in [0.1, 0.15) is 60.3 Å². The predicted octanol–water partition coefficient (Wildman–Crippen LogP) is 3.37. The van der Waals surface area contributed by atoms with Crippen LogP contribution in [-0.2, 0) is 9.47 Å². The first-order chi connectivity index (χ1) is 9.32. The lowest BCUT2D eigenvalue weighted by atomic mass is 9.75. The molecule has 118 valence electrons. The fraction of sp³-hybridized carbons (Fsp3) is 1.00. The standard InChI is InChI=1S/C17H33NO2/c1-13(2)19-10-8-17(12-18-16(3,4)5)9-11-20-15(17)14-6-7-14/h13-15,18H,6-12H2,1-5H3. The second-order valence-corrected chi connectivity index (χ2v) is 8.01. The molecule has 1 aliphatic carbocycles. The Morgan fingerprint density at radius 2 is 2.00 bits per heavy atom. The zero-order valence-corrected chi connectivity index (χ0v) is 14.0. The highest BCUT2D eigenvalue weighted by Crippen LogP contribution is 2.49. The first-order valence-corrected chi connectivity index (χ1v) is 8.31. The van der Waals surface area contributed by atoms with Gasteiger partial charge in [0.2, 0.25) is 0 Å². The molecule has 3 nitrogen and oxygen atoms in total. The van der Waals surface area contributed by atoms with Crippen molar-refractivity contribution in [1.82, 2.24) is 5.32 Å². The smallest absolute Gasteiger partial charge is 0.0673 e. The molecule has 1 saturated carbocycles. The molecule has 1 aliphatic heterocycles. The Hall–Kier alpha value is -0.120. The van der Waals surface area contributed by atoms with Gasteiger partial charge in [-0.3, -0.25) is 0 Å². The molecule has 0 radical (unpaired) electrons. The van der Waals surface area contributed by atoms with Crippen molar-refractivity contribution in [2.45, 2.75) is 78.0 Å². The van der Waals surface area contributed by atoms with Crippen molar-refractivity contribution in [1.29, 1.82) is 0 Å². The van der Waals surface area contributed by atoms with Gasteiger partial charge in [-0.15, -0.1) is 0 Å². The van der Waals surface area contributed by atoms with Crippen LogP contribution in [0.2, 0.25) is 0 Å². The molecule has 2 fully saturated rings. The van der Waals surface area contributed by atoms with Gasteiger partial charge in [0, 0.05) is 30.7 Å². The van der Waals surface area contributed by atoms with Gasteiger partial charge in [-0.05, 0) is 66.2 Å². The molecule has 0 aromatic heterocycles. The van der Waals surface area contributed by atoms with Gasteiger partial charge in [0.05, 0.1) is 12.2 Å². The molecule has 0 aromatic carbocycles. The maximum absolute atomic E-state index is 6.12. The number of ether oxygens (including phenoxy) is 2. The highest BCUT2D eigenvalue weighted by molar-refractivity contribution is 5.01. The molecule has 3 heteroatoms. The highest BCUT2D eigenvalue weighted by atomic mass is 16.5. The van der Waals surface area contributed by atoms with Gasteiger partial charge in [0.25, 0.3) is 0 Å². The van der Waals surface area contributed by atoms with Crippen LogP contribution in [0.5, 0.6) is 0 Å². The molecule has 1 N–H and O–H groups in total. The van der Waals surface area contributed by atoms with Crippen LogP contribution >= 0.6 is 0 Å². The maximum atomic E-state index is 6.12. The SMILES string of the molecule is CC(C)OCCC1(CNC(C)(C)C)CCOC1C1CC1. The minimum absolute atomic E-state index is 0.169. The molecule has 2 aliphatic rings. The van der Waals surface area contributed by atoms with Crippen LogP contribution < -0.4 is 5.32 Å². The van der Waals surface area contributed by atoms with Gasteiger partial charge in [0.1, 0.15) is 0 Å². The lowest BCUT2D eigenvalue weighted by Crippen LogP contribution is -2.48. The number of hydrogen-bond acceptors (Lipinski definition) is 3. The molecular weight excluding hydrogens is 250 g/mol. The van der Waals surface area contributed by atoms with Crippen molar-refractivity contribution < 1.29 is 9.47 Å². The minimum atomic E-state index is 0.169. The van der Waals surface area contributed by atoms with E-state index in [9.17, 15) is 0 Å². The number of hydrogen-bond donors (Lipinski definition) is 1. The topological polar surface area (TPSA) is 30.5 Å². The normalized spacial score (nSPS) is 31.2. The highest BCUT2D eigenvalue weighted by Gasteiger charge is 2.50. The first kappa shape index (κ1) is 16.3. The van der Waals surface area contributed by atoms with E-state index >= 15 is 0 Å². The Morgan fingerprint density at radius 3 is 2.55 bits per heavy atom. The third kappa shape index (κ3) is 4.44. The third-order valence-corrected chi connectivity index (χ3v) is 4.57. The Balaban J connectivity index is 1.98. The molecule has 2 atom stereocenters. The molecule has 2 rings (SSSR count). The summed E-state index contributed by atoms with van der Waals surface area (Å²) in [6.07, 6.45) is 5.78. The number of nitrogens with one attached hydrogen (secondary N) is 1. The van der Waals surface area contributed by atoms with E-state index in [4.69, 9.17) is 9.47 Å². The third-order valence-electron chi connectivity index (χ3n) is 4.57. The monoisotopic (exact) mass is 283 g/mol. The molecule has 20 heavy (non-hydrogen) atoms. The van der Waals surface area contributed by atoms with E-state index in [0.717, 1.165) is 32.1 Å². The van der Waals surface area contributed by atoms with Gasteiger partial charge in [-0.25, -0.2) is 0 Å². The summed E-state index contributed by atoms with van der Waals surface area (Å²) in [6.45, 7) is 13.8. The van der Waals surface area contributed by atoms with Gasteiger partial charge < -0.3 is 14.8 Å². The van der Waals surface area contributed by atoms with Crippen LogP contribution in [0.15, 0.2) is 0 Å². The zero-order chi connectivity index (χ0) is 14.8. The molecular formula is C17H33NO2. The Morgan fingerprint density at radius 1 is 1.30 bits per heavy atom. The summed E-state index contributed by atoms with van der Waals surface area (Å²) in [6, 6.07) is 0. The average molecular weight is 283 g/mol. The minimum Gasteiger partial charge on any atom is -0.379 e.